The molecule has 4 nitrogen and oxygen atoms in total. The molecule has 1 saturated heterocycles. The second kappa shape index (κ2) is 6.45. The first-order chi connectivity index (χ1) is 10.2. The molecule has 0 radical (unpaired) electrons. The van der Waals surface area contributed by atoms with Crippen LogP contribution >= 0.6 is 0 Å². The van der Waals surface area contributed by atoms with E-state index in [4.69, 9.17) is 0 Å². The zero-order valence-corrected chi connectivity index (χ0v) is 14.7. The Morgan fingerprint density at radius 2 is 1.64 bits per heavy atom. The van der Waals surface area contributed by atoms with Gasteiger partial charge in [0.1, 0.15) is 5.54 Å². The van der Waals surface area contributed by atoms with Gasteiger partial charge < -0.3 is 14.8 Å². The van der Waals surface area contributed by atoms with Gasteiger partial charge in [-0.3, -0.25) is 4.79 Å². The first kappa shape index (κ1) is 17.1. The number of carbonyl (C=O) groups is 1. The van der Waals surface area contributed by atoms with Gasteiger partial charge in [-0.15, -0.1) is 0 Å². The molecule has 0 unspecified atom stereocenters. The number of aromatic nitrogens is 1. The number of nitrogens with zero attached hydrogens (tertiary/aromatic N) is 2. The fourth-order valence-corrected chi connectivity index (χ4v) is 2.92. The van der Waals surface area contributed by atoms with Crippen LogP contribution in [0.3, 0.4) is 0 Å². The van der Waals surface area contributed by atoms with Gasteiger partial charge in [0.15, 0.2) is 0 Å². The highest BCUT2D eigenvalue weighted by atomic mass is 16.2. The molecule has 2 rings (SSSR count). The molecule has 0 spiro atoms. The molecule has 1 aromatic rings. The molecule has 1 aliphatic rings. The highest BCUT2D eigenvalue weighted by molar-refractivity contribution is 5.84. The second-order valence-electron chi connectivity index (χ2n) is 8.05. The van der Waals surface area contributed by atoms with Crippen molar-refractivity contribution in [3.63, 3.8) is 0 Å². The highest BCUT2D eigenvalue weighted by Crippen LogP contribution is 2.24. The zero-order chi connectivity index (χ0) is 16.4. The van der Waals surface area contributed by atoms with Crippen LogP contribution in [-0.2, 0) is 10.3 Å². The predicted octanol–water partition coefficient (Wildman–Crippen LogP) is 2.85. The Bertz CT molecular complexity index is 479. The molecule has 0 aromatic carbocycles. The Kier molecular flexibility index (Phi) is 5.00. The standard InChI is InChI=1S/C18H31N3O/c1-17(2,3)15(14-20-10-6-7-11-20)19-16(22)18(4,5)21-12-8-9-13-21/h8-9,12-13,15H,6-7,10-11,14H2,1-5H3,(H,19,22)/t15-/m0/s1. The molecule has 1 atom stereocenters. The summed E-state index contributed by atoms with van der Waals surface area (Å²) in [5, 5.41) is 3.31. The first-order valence-corrected chi connectivity index (χ1v) is 8.38. The van der Waals surface area contributed by atoms with Gasteiger partial charge >= 0.3 is 0 Å². The van der Waals surface area contributed by atoms with Crippen LogP contribution in [0.2, 0.25) is 0 Å². The minimum absolute atomic E-state index is 0.0466. The quantitative estimate of drug-likeness (QED) is 0.908. The summed E-state index contributed by atoms with van der Waals surface area (Å²) in [6.45, 7) is 13.8. The van der Waals surface area contributed by atoms with Crippen LogP contribution in [0.4, 0.5) is 0 Å². The summed E-state index contributed by atoms with van der Waals surface area (Å²) in [7, 11) is 0. The van der Waals surface area contributed by atoms with Crippen molar-refractivity contribution in [2.24, 2.45) is 5.41 Å². The van der Waals surface area contributed by atoms with Crippen LogP contribution in [0, 0.1) is 5.41 Å². The van der Waals surface area contributed by atoms with Crippen molar-refractivity contribution in [1.29, 1.82) is 0 Å². The molecule has 1 amide bonds. The van der Waals surface area contributed by atoms with E-state index in [1.54, 1.807) is 0 Å². The summed E-state index contributed by atoms with van der Waals surface area (Å²) < 4.78 is 1.97. The van der Waals surface area contributed by atoms with E-state index in [9.17, 15) is 4.79 Å². The van der Waals surface area contributed by atoms with E-state index in [-0.39, 0.29) is 17.4 Å². The van der Waals surface area contributed by atoms with Crippen molar-refractivity contribution in [3.05, 3.63) is 24.5 Å². The topological polar surface area (TPSA) is 37.3 Å². The summed E-state index contributed by atoms with van der Waals surface area (Å²) >= 11 is 0. The summed E-state index contributed by atoms with van der Waals surface area (Å²) in [6, 6.07) is 4.08. The maximum absolute atomic E-state index is 12.8. The molecule has 1 fully saturated rings. The lowest BCUT2D eigenvalue weighted by atomic mass is 9.85. The largest absolute Gasteiger partial charge is 0.350 e. The van der Waals surface area contributed by atoms with Gasteiger partial charge in [-0.25, -0.2) is 0 Å². The summed E-state index contributed by atoms with van der Waals surface area (Å²) in [6.07, 6.45) is 6.46. The van der Waals surface area contributed by atoms with Crippen molar-refractivity contribution in [3.8, 4) is 0 Å². The van der Waals surface area contributed by atoms with Crippen molar-refractivity contribution in [1.82, 2.24) is 14.8 Å². The van der Waals surface area contributed by atoms with E-state index in [0.717, 1.165) is 19.6 Å². The molecule has 1 aromatic heterocycles. The Morgan fingerprint density at radius 1 is 1.09 bits per heavy atom. The molecule has 1 N–H and O–H groups in total. The zero-order valence-electron chi connectivity index (χ0n) is 14.7. The first-order valence-electron chi connectivity index (χ1n) is 8.38. The number of hydrogen-bond acceptors (Lipinski definition) is 2. The van der Waals surface area contributed by atoms with Crippen molar-refractivity contribution in [2.75, 3.05) is 19.6 Å². The minimum Gasteiger partial charge on any atom is -0.350 e. The molecule has 124 valence electrons. The molecule has 2 heterocycles. The Hall–Kier alpha value is -1.29. The highest BCUT2D eigenvalue weighted by Gasteiger charge is 2.35. The van der Waals surface area contributed by atoms with E-state index in [1.165, 1.54) is 12.8 Å². The van der Waals surface area contributed by atoms with E-state index in [0.29, 0.717) is 0 Å². The molecule has 4 heteroatoms. The summed E-state index contributed by atoms with van der Waals surface area (Å²) in [5.41, 5.74) is -0.525. The van der Waals surface area contributed by atoms with Gasteiger partial charge in [0, 0.05) is 25.0 Å². The normalized spacial score (nSPS) is 18.4. The third kappa shape index (κ3) is 3.92. The van der Waals surface area contributed by atoms with Crippen LogP contribution in [0.5, 0.6) is 0 Å². The lowest BCUT2D eigenvalue weighted by Gasteiger charge is -2.37. The second-order valence-corrected chi connectivity index (χ2v) is 8.05. The number of hydrogen-bond donors (Lipinski definition) is 1. The van der Waals surface area contributed by atoms with Crippen molar-refractivity contribution < 1.29 is 4.79 Å². The molecule has 0 aliphatic carbocycles. The number of carbonyl (C=O) groups excluding carboxylic acids is 1. The fourth-order valence-electron chi connectivity index (χ4n) is 2.92. The van der Waals surface area contributed by atoms with Gasteiger partial charge in [-0.1, -0.05) is 20.8 Å². The van der Waals surface area contributed by atoms with Crippen molar-refractivity contribution in [2.45, 2.75) is 59.0 Å². The van der Waals surface area contributed by atoms with Crippen molar-refractivity contribution >= 4 is 5.91 Å². The lowest BCUT2D eigenvalue weighted by molar-refractivity contribution is -0.130. The van der Waals surface area contributed by atoms with E-state index >= 15 is 0 Å². The van der Waals surface area contributed by atoms with E-state index < -0.39 is 5.54 Å². The monoisotopic (exact) mass is 305 g/mol. The summed E-state index contributed by atoms with van der Waals surface area (Å²) in [5.74, 6) is 0.0859. The van der Waals surface area contributed by atoms with Crippen LogP contribution < -0.4 is 5.32 Å². The molecule has 22 heavy (non-hydrogen) atoms. The van der Waals surface area contributed by atoms with Crippen LogP contribution in [-0.4, -0.2) is 41.1 Å². The third-order valence-corrected chi connectivity index (χ3v) is 4.80. The van der Waals surface area contributed by atoms with Gasteiger partial charge in [-0.05, 0) is 57.3 Å². The minimum atomic E-state index is -0.571. The Labute approximate surface area is 134 Å². The number of nitrogens with one attached hydrogen (secondary N) is 1. The van der Waals surface area contributed by atoms with Crippen LogP contribution in [0.15, 0.2) is 24.5 Å². The molecular formula is C18H31N3O. The molecular weight excluding hydrogens is 274 g/mol. The molecule has 0 bridgehead atoms. The number of amides is 1. The van der Waals surface area contributed by atoms with Crippen LogP contribution in [0.25, 0.3) is 0 Å². The maximum Gasteiger partial charge on any atom is 0.245 e. The Morgan fingerprint density at radius 3 is 2.14 bits per heavy atom. The predicted molar refractivity (Wildman–Crippen MR) is 90.8 cm³/mol. The Balaban J connectivity index is 2.07. The van der Waals surface area contributed by atoms with Gasteiger partial charge in [0.05, 0.1) is 0 Å². The van der Waals surface area contributed by atoms with Gasteiger partial charge in [0.25, 0.3) is 0 Å². The smallest absolute Gasteiger partial charge is 0.245 e. The maximum atomic E-state index is 12.8. The SMILES string of the molecule is CC(C)(C)[C@H](CN1CCCC1)NC(=O)C(C)(C)n1cccc1. The van der Waals surface area contributed by atoms with E-state index in [2.05, 4.69) is 31.0 Å². The molecule has 0 saturated carbocycles. The third-order valence-electron chi connectivity index (χ3n) is 4.80. The van der Waals surface area contributed by atoms with E-state index in [1.807, 2.05) is 42.9 Å². The van der Waals surface area contributed by atoms with Gasteiger partial charge in [0.2, 0.25) is 5.91 Å². The van der Waals surface area contributed by atoms with Gasteiger partial charge in [-0.2, -0.15) is 0 Å². The lowest BCUT2D eigenvalue weighted by Crippen LogP contribution is -2.55. The molecule has 1 aliphatic heterocycles. The average molecular weight is 305 g/mol. The number of likely N-dealkylation sites (tertiary alicyclic amines) is 1. The fraction of sp³-hybridized carbons (Fsp3) is 0.722. The van der Waals surface area contributed by atoms with Crippen LogP contribution in [0.1, 0.15) is 47.5 Å². The summed E-state index contributed by atoms with van der Waals surface area (Å²) in [4.78, 5) is 15.3. The average Bonchev–Trinajstić information content (AvgIpc) is 3.10. The number of rotatable bonds is 5.